The minimum Gasteiger partial charge on any atom is -0.412 e. The predicted molar refractivity (Wildman–Crippen MR) is 99.7 cm³/mol. The summed E-state index contributed by atoms with van der Waals surface area (Å²) in [6.45, 7) is 3.50. The molecule has 1 aliphatic rings. The second kappa shape index (κ2) is 12.2. The van der Waals surface area contributed by atoms with Gasteiger partial charge in [-0.2, -0.15) is 5.10 Å². The summed E-state index contributed by atoms with van der Waals surface area (Å²) in [5.74, 6) is -0.209. The number of hydrogen-bond donors (Lipinski definition) is 1. The van der Waals surface area contributed by atoms with Gasteiger partial charge in [-0.1, -0.05) is 6.42 Å². The summed E-state index contributed by atoms with van der Waals surface area (Å²) in [7, 11) is 0. The quantitative estimate of drug-likeness (QED) is 0.879. The van der Waals surface area contributed by atoms with Crippen molar-refractivity contribution in [1.29, 1.82) is 0 Å². The van der Waals surface area contributed by atoms with Crippen LogP contribution in [0, 0.1) is 5.82 Å². The van der Waals surface area contributed by atoms with Crippen molar-refractivity contribution in [1.82, 2.24) is 15.1 Å². The molecule has 0 spiro atoms. The first kappa shape index (κ1) is 25.1. The molecule has 138 valence electrons. The van der Waals surface area contributed by atoms with E-state index in [1.807, 2.05) is 6.20 Å². The SMILES string of the molecule is Cl.Cl.Fc1ccc(-c2n[nH]cc2CCN2CCCCC2)cc1.O.O. The molecule has 2 heterocycles. The van der Waals surface area contributed by atoms with Gasteiger partial charge in [-0.05, 0) is 62.2 Å². The minimum atomic E-state index is -0.209. The van der Waals surface area contributed by atoms with Gasteiger partial charge in [-0.3, -0.25) is 5.10 Å². The number of rotatable bonds is 4. The molecule has 1 aromatic carbocycles. The van der Waals surface area contributed by atoms with Crippen LogP contribution in [0.3, 0.4) is 0 Å². The molecular weight excluding hydrogens is 356 g/mol. The average Bonchev–Trinajstić information content (AvgIpc) is 2.95. The van der Waals surface area contributed by atoms with Crippen LogP contribution >= 0.6 is 24.8 Å². The first-order chi connectivity index (χ1) is 9.83. The Kier molecular flexibility index (Phi) is 12.8. The van der Waals surface area contributed by atoms with E-state index in [0.29, 0.717) is 0 Å². The van der Waals surface area contributed by atoms with Gasteiger partial charge in [-0.25, -0.2) is 4.39 Å². The van der Waals surface area contributed by atoms with Crippen molar-refractivity contribution >= 4 is 24.8 Å². The third-order valence-electron chi connectivity index (χ3n) is 3.98. The maximum atomic E-state index is 13.0. The van der Waals surface area contributed by atoms with Gasteiger partial charge in [0, 0.05) is 18.3 Å². The Balaban J connectivity index is 0. The molecule has 0 unspecified atom stereocenters. The van der Waals surface area contributed by atoms with Gasteiger partial charge in [0.05, 0.1) is 5.69 Å². The van der Waals surface area contributed by atoms with Crippen LogP contribution in [0.4, 0.5) is 4.39 Å². The number of nitrogens with zero attached hydrogens (tertiary/aromatic N) is 2. The van der Waals surface area contributed by atoms with Crippen LogP contribution in [0.1, 0.15) is 24.8 Å². The number of aromatic amines is 1. The number of hydrogen-bond acceptors (Lipinski definition) is 2. The molecule has 0 amide bonds. The highest BCUT2D eigenvalue weighted by Crippen LogP contribution is 2.22. The molecule has 0 bridgehead atoms. The molecule has 5 nitrogen and oxygen atoms in total. The van der Waals surface area contributed by atoms with E-state index in [-0.39, 0.29) is 41.6 Å². The molecular formula is C16H26Cl2FN3O2. The second-order valence-corrected chi connectivity index (χ2v) is 5.42. The topological polar surface area (TPSA) is 94.9 Å². The predicted octanol–water partition coefficient (Wildman–Crippen LogP) is 2.44. The van der Waals surface area contributed by atoms with Crippen molar-refractivity contribution in [3.05, 3.63) is 41.8 Å². The Bertz CT molecular complexity index is 561. The van der Waals surface area contributed by atoms with Crippen LogP contribution in [0.2, 0.25) is 0 Å². The van der Waals surface area contributed by atoms with E-state index in [1.54, 1.807) is 12.1 Å². The van der Waals surface area contributed by atoms with Crippen LogP contribution in [-0.2, 0) is 6.42 Å². The molecule has 0 radical (unpaired) electrons. The Morgan fingerprint density at radius 2 is 1.62 bits per heavy atom. The highest BCUT2D eigenvalue weighted by atomic mass is 35.5. The number of piperidine rings is 1. The Morgan fingerprint density at radius 3 is 2.25 bits per heavy atom. The van der Waals surface area contributed by atoms with Gasteiger partial charge >= 0.3 is 0 Å². The lowest BCUT2D eigenvalue weighted by Crippen LogP contribution is -2.31. The van der Waals surface area contributed by atoms with Gasteiger partial charge < -0.3 is 15.9 Å². The lowest BCUT2D eigenvalue weighted by molar-refractivity contribution is 0.231. The monoisotopic (exact) mass is 381 g/mol. The van der Waals surface area contributed by atoms with Gasteiger partial charge in [0.15, 0.2) is 0 Å². The Labute approximate surface area is 154 Å². The number of aromatic nitrogens is 2. The first-order valence-electron chi connectivity index (χ1n) is 7.34. The number of likely N-dealkylation sites (tertiary alicyclic amines) is 1. The standard InChI is InChI=1S/C16H20FN3.2ClH.2H2O/c17-15-6-4-13(5-7-15)16-14(12-18-19-16)8-11-20-9-2-1-3-10-20;;;;/h4-7,12H,1-3,8-11H2,(H,18,19);2*1H;2*1H2. The van der Waals surface area contributed by atoms with Crippen LogP contribution < -0.4 is 0 Å². The fourth-order valence-electron chi connectivity index (χ4n) is 2.82. The molecule has 0 atom stereocenters. The van der Waals surface area contributed by atoms with E-state index in [2.05, 4.69) is 15.1 Å². The van der Waals surface area contributed by atoms with Crippen LogP contribution in [0.25, 0.3) is 11.3 Å². The number of H-pyrrole nitrogens is 1. The second-order valence-electron chi connectivity index (χ2n) is 5.42. The summed E-state index contributed by atoms with van der Waals surface area (Å²) in [6.07, 6.45) is 6.95. The zero-order valence-corrected chi connectivity index (χ0v) is 15.1. The summed E-state index contributed by atoms with van der Waals surface area (Å²) >= 11 is 0. The van der Waals surface area contributed by atoms with Crippen molar-refractivity contribution in [3.8, 4) is 11.3 Å². The molecule has 24 heavy (non-hydrogen) atoms. The van der Waals surface area contributed by atoms with Crippen molar-refractivity contribution in [2.75, 3.05) is 19.6 Å². The maximum Gasteiger partial charge on any atom is 0.123 e. The minimum absolute atomic E-state index is 0. The van der Waals surface area contributed by atoms with E-state index in [1.165, 1.54) is 50.0 Å². The van der Waals surface area contributed by atoms with E-state index >= 15 is 0 Å². The summed E-state index contributed by atoms with van der Waals surface area (Å²) in [5.41, 5.74) is 3.13. The third-order valence-corrected chi connectivity index (χ3v) is 3.98. The van der Waals surface area contributed by atoms with E-state index in [0.717, 1.165) is 24.2 Å². The number of benzene rings is 1. The molecule has 5 N–H and O–H groups in total. The van der Waals surface area contributed by atoms with Crippen molar-refractivity contribution in [3.63, 3.8) is 0 Å². The van der Waals surface area contributed by atoms with Crippen molar-refractivity contribution in [2.24, 2.45) is 0 Å². The van der Waals surface area contributed by atoms with Crippen LogP contribution in [-0.4, -0.2) is 45.7 Å². The zero-order chi connectivity index (χ0) is 13.8. The van der Waals surface area contributed by atoms with Gasteiger partial charge in [0.1, 0.15) is 5.82 Å². The number of nitrogens with one attached hydrogen (secondary N) is 1. The average molecular weight is 382 g/mol. The molecule has 0 saturated carbocycles. The molecule has 0 aliphatic carbocycles. The van der Waals surface area contributed by atoms with Crippen LogP contribution in [0.5, 0.6) is 0 Å². The van der Waals surface area contributed by atoms with E-state index in [4.69, 9.17) is 0 Å². The molecule has 1 aliphatic heterocycles. The lowest BCUT2D eigenvalue weighted by atomic mass is 10.0. The number of halogens is 3. The molecule has 1 aromatic heterocycles. The molecule has 3 rings (SSSR count). The molecule has 1 fully saturated rings. The molecule has 8 heteroatoms. The summed E-state index contributed by atoms with van der Waals surface area (Å²) in [5, 5.41) is 7.25. The normalized spacial score (nSPS) is 13.7. The molecule has 1 saturated heterocycles. The highest BCUT2D eigenvalue weighted by Gasteiger charge is 2.13. The summed E-state index contributed by atoms with van der Waals surface area (Å²) < 4.78 is 13.0. The Morgan fingerprint density at radius 1 is 1.00 bits per heavy atom. The van der Waals surface area contributed by atoms with Gasteiger partial charge in [-0.15, -0.1) is 24.8 Å². The van der Waals surface area contributed by atoms with Gasteiger partial charge in [0.25, 0.3) is 0 Å². The van der Waals surface area contributed by atoms with E-state index < -0.39 is 0 Å². The first-order valence-corrected chi connectivity index (χ1v) is 7.34. The largest absolute Gasteiger partial charge is 0.412 e. The summed E-state index contributed by atoms with van der Waals surface area (Å²) in [6, 6.07) is 6.54. The smallest absolute Gasteiger partial charge is 0.123 e. The summed E-state index contributed by atoms with van der Waals surface area (Å²) in [4.78, 5) is 2.52. The molecule has 2 aromatic rings. The van der Waals surface area contributed by atoms with Crippen molar-refractivity contribution < 1.29 is 15.3 Å². The third kappa shape index (κ3) is 6.37. The maximum absolute atomic E-state index is 13.0. The highest BCUT2D eigenvalue weighted by molar-refractivity contribution is 5.85. The lowest BCUT2D eigenvalue weighted by Gasteiger charge is -2.26. The van der Waals surface area contributed by atoms with Crippen LogP contribution in [0.15, 0.2) is 30.5 Å². The van der Waals surface area contributed by atoms with Crippen molar-refractivity contribution in [2.45, 2.75) is 25.7 Å². The van der Waals surface area contributed by atoms with Gasteiger partial charge in [0.2, 0.25) is 0 Å². The van der Waals surface area contributed by atoms with E-state index in [9.17, 15) is 4.39 Å². The fraction of sp³-hybridized carbons (Fsp3) is 0.438. The Hall–Kier alpha value is -1.18. The fourth-order valence-corrected chi connectivity index (χ4v) is 2.82. The zero-order valence-electron chi connectivity index (χ0n) is 13.4.